The van der Waals surface area contributed by atoms with Gasteiger partial charge in [-0.3, -0.25) is 4.68 Å². The van der Waals surface area contributed by atoms with Crippen molar-refractivity contribution in [1.82, 2.24) is 9.78 Å². The smallest absolute Gasteiger partial charge is 0.0675 e. The molecule has 0 saturated carbocycles. The predicted molar refractivity (Wildman–Crippen MR) is 66.5 cm³/mol. The lowest BCUT2D eigenvalue weighted by Gasteiger charge is -2.21. The summed E-state index contributed by atoms with van der Waals surface area (Å²) in [6.45, 7) is 8.28. The van der Waals surface area contributed by atoms with Crippen molar-refractivity contribution in [2.75, 3.05) is 0 Å². The molecule has 0 aliphatic heterocycles. The fourth-order valence-electron chi connectivity index (χ4n) is 1.92. The van der Waals surface area contributed by atoms with Crippen LogP contribution in [0.15, 0.2) is 12.3 Å². The summed E-state index contributed by atoms with van der Waals surface area (Å²) < 4.78 is 1.98. The fourth-order valence-corrected chi connectivity index (χ4v) is 1.92. The van der Waals surface area contributed by atoms with Gasteiger partial charge >= 0.3 is 0 Å². The Balaban J connectivity index is 2.65. The molecule has 0 saturated heterocycles. The molecular formula is C13H24N2O. The van der Waals surface area contributed by atoms with Crippen molar-refractivity contribution in [2.45, 2.75) is 65.0 Å². The van der Waals surface area contributed by atoms with Crippen molar-refractivity contribution in [3.63, 3.8) is 0 Å². The number of rotatable bonds is 6. The predicted octanol–water partition coefficient (Wildman–Crippen LogP) is 2.95. The van der Waals surface area contributed by atoms with Crippen LogP contribution in [0.2, 0.25) is 0 Å². The molecule has 0 amide bonds. The third kappa shape index (κ3) is 3.63. The summed E-state index contributed by atoms with van der Waals surface area (Å²) in [5.74, 6) is 0. The lowest BCUT2D eigenvalue weighted by atomic mass is 9.95. The fraction of sp³-hybridized carbons (Fsp3) is 0.769. The molecular weight excluding hydrogens is 200 g/mol. The van der Waals surface area contributed by atoms with E-state index in [1.807, 2.05) is 23.9 Å². The van der Waals surface area contributed by atoms with E-state index in [-0.39, 0.29) is 0 Å². The third-order valence-electron chi connectivity index (χ3n) is 3.06. The first-order valence-corrected chi connectivity index (χ1v) is 6.25. The van der Waals surface area contributed by atoms with Crippen molar-refractivity contribution >= 4 is 0 Å². The molecule has 1 heterocycles. The van der Waals surface area contributed by atoms with E-state index in [1.54, 1.807) is 0 Å². The van der Waals surface area contributed by atoms with Gasteiger partial charge in [-0.1, -0.05) is 20.3 Å². The molecule has 2 atom stereocenters. The molecule has 0 aliphatic rings. The number of aromatic nitrogens is 2. The molecule has 1 aromatic rings. The lowest BCUT2D eigenvalue weighted by Crippen LogP contribution is -2.27. The molecule has 1 aromatic heterocycles. The Hall–Kier alpha value is -0.830. The van der Waals surface area contributed by atoms with Gasteiger partial charge in [0.2, 0.25) is 0 Å². The van der Waals surface area contributed by atoms with Crippen LogP contribution in [0, 0.1) is 0 Å². The highest BCUT2D eigenvalue weighted by Gasteiger charge is 2.21. The first-order chi connectivity index (χ1) is 7.48. The van der Waals surface area contributed by atoms with Crippen molar-refractivity contribution in [2.24, 2.45) is 0 Å². The minimum Gasteiger partial charge on any atom is -0.390 e. The molecule has 0 bridgehead atoms. The van der Waals surface area contributed by atoms with Gasteiger partial charge in [-0.2, -0.15) is 5.10 Å². The Bertz CT molecular complexity index is 317. The van der Waals surface area contributed by atoms with E-state index in [9.17, 15) is 5.11 Å². The number of nitrogens with zero attached hydrogens (tertiary/aromatic N) is 2. The first kappa shape index (κ1) is 13.2. The van der Waals surface area contributed by atoms with E-state index in [2.05, 4.69) is 25.9 Å². The highest BCUT2D eigenvalue weighted by molar-refractivity contribution is 5.03. The standard InChI is InChI=1S/C13H24N2O/c1-5-8-13(4,16)10-12-7-9-15(14-12)11(3)6-2/h7,9,11,16H,5-6,8,10H2,1-4H3. The lowest BCUT2D eigenvalue weighted by molar-refractivity contribution is 0.0494. The second-order valence-corrected chi connectivity index (χ2v) is 4.97. The Labute approximate surface area is 98.5 Å². The van der Waals surface area contributed by atoms with E-state index in [0.29, 0.717) is 12.5 Å². The molecule has 16 heavy (non-hydrogen) atoms. The van der Waals surface area contributed by atoms with E-state index < -0.39 is 5.60 Å². The van der Waals surface area contributed by atoms with Crippen molar-refractivity contribution < 1.29 is 5.11 Å². The highest BCUT2D eigenvalue weighted by atomic mass is 16.3. The molecule has 0 fully saturated rings. The highest BCUT2D eigenvalue weighted by Crippen LogP contribution is 2.18. The van der Waals surface area contributed by atoms with E-state index in [1.165, 1.54) is 0 Å². The molecule has 0 radical (unpaired) electrons. The maximum atomic E-state index is 10.1. The van der Waals surface area contributed by atoms with E-state index in [0.717, 1.165) is 25.0 Å². The Morgan fingerprint density at radius 3 is 2.75 bits per heavy atom. The minimum absolute atomic E-state index is 0.435. The van der Waals surface area contributed by atoms with Crippen LogP contribution in [0.25, 0.3) is 0 Å². The molecule has 1 N–H and O–H groups in total. The van der Waals surface area contributed by atoms with E-state index >= 15 is 0 Å². The Morgan fingerprint density at radius 2 is 2.19 bits per heavy atom. The molecule has 2 unspecified atom stereocenters. The zero-order chi connectivity index (χ0) is 12.2. The van der Waals surface area contributed by atoms with Gasteiger partial charge in [0.15, 0.2) is 0 Å². The Kier molecular flexibility index (Phi) is 4.54. The number of aliphatic hydroxyl groups is 1. The largest absolute Gasteiger partial charge is 0.390 e. The molecule has 0 aliphatic carbocycles. The average Bonchev–Trinajstić information content (AvgIpc) is 2.64. The van der Waals surface area contributed by atoms with Crippen molar-refractivity contribution in [3.8, 4) is 0 Å². The summed E-state index contributed by atoms with van der Waals surface area (Å²) in [6.07, 6.45) is 5.55. The van der Waals surface area contributed by atoms with Gasteiger partial charge in [-0.15, -0.1) is 0 Å². The van der Waals surface area contributed by atoms with Crippen molar-refractivity contribution in [3.05, 3.63) is 18.0 Å². The van der Waals surface area contributed by atoms with Gasteiger partial charge < -0.3 is 5.11 Å². The third-order valence-corrected chi connectivity index (χ3v) is 3.06. The van der Waals surface area contributed by atoms with Crippen LogP contribution in [-0.4, -0.2) is 20.5 Å². The van der Waals surface area contributed by atoms with Gasteiger partial charge in [0, 0.05) is 18.7 Å². The second-order valence-electron chi connectivity index (χ2n) is 4.97. The molecule has 0 aromatic carbocycles. The zero-order valence-corrected chi connectivity index (χ0v) is 10.9. The van der Waals surface area contributed by atoms with Gasteiger partial charge in [-0.25, -0.2) is 0 Å². The molecule has 3 heteroatoms. The Morgan fingerprint density at radius 1 is 1.50 bits per heavy atom. The molecule has 1 rings (SSSR count). The summed E-state index contributed by atoms with van der Waals surface area (Å²) >= 11 is 0. The number of hydrogen-bond donors (Lipinski definition) is 1. The number of hydrogen-bond acceptors (Lipinski definition) is 2. The topological polar surface area (TPSA) is 38.0 Å². The van der Waals surface area contributed by atoms with Gasteiger partial charge in [0.25, 0.3) is 0 Å². The maximum Gasteiger partial charge on any atom is 0.0675 e. The van der Waals surface area contributed by atoms with Crippen LogP contribution in [0.1, 0.15) is 58.7 Å². The SMILES string of the molecule is CCCC(C)(O)Cc1ccn(C(C)CC)n1. The first-order valence-electron chi connectivity index (χ1n) is 6.25. The van der Waals surface area contributed by atoms with Gasteiger partial charge in [0.05, 0.1) is 11.3 Å². The quantitative estimate of drug-likeness (QED) is 0.806. The molecule has 92 valence electrons. The molecule has 3 nitrogen and oxygen atoms in total. The van der Waals surface area contributed by atoms with Crippen LogP contribution >= 0.6 is 0 Å². The van der Waals surface area contributed by atoms with Crippen LogP contribution in [0.4, 0.5) is 0 Å². The van der Waals surface area contributed by atoms with Crippen LogP contribution in [0.5, 0.6) is 0 Å². The molecule has 0 spiro atoms. The summed E-state index contributed by atoms with van der Waals surface area (Å²) in [4.78, 5) is 0. The maximum absolute atomic E-state index is 10.1. The normalized spacial score (nSPS) is 17.1. The minimum atomic E-state index is -0.622. The monoisotopic (exact) mass is 224 g/mol. The summed E-state index contributed by atoms with van der Waals surface area (Å²) in [5.41, 5.74) is 0.363. The van der Waals surface area contributed by atoms with Crippen LogP contribution in [-0.2, 0) is 6.42 Å². The van der Waals surface area contributed by atoms with E-state index in [4.69, 9.17) is 0 Å². The summed E-state index contributed by atoms with van der Waals surface area (Å²) in [7, 11) is 0. The summed E-state index contributed by atoms with van der Waals surface area (Å²) in [6, 6.07) is 2.45. The zero-order valence-electron chi connectivity index (χ0n) is 10.9. The second kappa shape index (κ2) is 5.48. The van der Waals surface area contributed by atoms with Gasteiger partial charge in [0.1, 0.15) is 0 Å². The van der Waals surface area contributed by atoms with Crippen LogP contribution < -0.4 is 0 Å². The van der Waals surface area contributed by atoms with Gasteiger partial charge in [-0.05, 0) is 32.8 Å². The average molecular weight is 224 g/mol. The summed E-state index contributed by atoms with van der Waals surface area (Å²) in [5, 5.41) is 14.6. The van der Waals surface area contributed by atoms with Crippen LogP contribution in [0.3, 0.4) is 0 Å². The van der Waals surface area contributed by atoms with Crippen molar-refractivity contribution in [1.29, 1.82) is 0 Å².